The summed E-state index contributed by atoms with van der Waals surface area (Å²) in [7, 11) is 0. The van der Waals surface area contributed by atoms with E-state index in [0.717, 1.165) is 23.5 Å². The van der Waals surface area contributed by atoms with Crippen molar-refractivity contribution in [1.82, 2.24) is 9.88 Å². The van der Waals surface area contributed by atoms with Gasteiger partial charge in [-0.1, -0.05) is 6.92 Å². The minimum absolute atomic E-state index is 0.0678. The zero-order valence-electron chi connectivity index (χ0n) is 10.6. The normalized spacial score (nSPS) is 11.4. The number of thiazole rings is 1. The van der Waals surface area contributed by atoms with Crippen LogP contribution in [0.25, 0.3) is 0 Å². The fourth-order valence-electron chi connectivity index (χ4n) is 1.55. The maximum Gasteiger partial charge on any atom is 0.317 e. The second-order valence-corrected chi connectivity index (χ2v) is 5.32. The number of carbonyl (C=O) groups is 1. The van der Waals surface area contributed by atoms with Crippen LogP contribution >= 0.6 is 11.3 Å². The van der Waals surface area contributed by atoms with Crippen LogP contribution in [0, 0.1) is 0 Å². The molecule has 17 heavy (non-hydrogen) atoms. The van der Waals surface area contributed by atoms with Crippen molar-refractivity contribution in [2.75, 3.05) is 6.54 Å². The Morgan fingerprint density at radius 1 is 1.59 bits per heavy atom. The van der Waals surface area contributed by atoms with E-state index in [1.165, 1.54) is 0 Å². The quantitative estimate of drug-likeness (QED) is 0.814. The zero-order valence-corrected chi connectivity index (χ0v) is 11.5. The third-order valence-corrected chi connectivity index (χ3v) is 3.45. The highest BCUT2D eigenvalue weighted by Crippen LogP contribution is 2.14. The molecular formula is C12H20N2O2S. The monoisotopic (exact) mass is 256 g/mol. The Hall–Kier alpha value is -0.940. The molecule has 4 nitrogen and oxygen atoms in total. The van der Waals surface area contributed by atoms with Crippen LogP contribution < -0.4 is 0 Å². The topological polar surface area (TPSA) is 53.4 Å². The molecule has 1 rings (SSSR count). The molecule has 0 aromatic carbocycles. The van der Waals surface area contributed by atoms with Gasteiger partial charge < -0.3 is 5.11 Å². The molecule has 1 heterocycles. The van der Waals surface area contributed by atoms with Gasteiger partial charge in [0.25, 0.3) is 0 Å². The van der Waals surface area contributed by atoms with E-state index in [1.54, 1.807) is 11.3 Å². The van der Waals surface area contributed by atoms with Gasteiger partial charge in [-0.2, -0.15) is 0 Å². The first-order valence-electron chi connectivity index (χ1n) is 5.92. The van der Waals surface area contributed by atoms with E-state index in [9.17, 15) is 4.79 Å². The van der Waals surface area contributed by atoms with Crippen molar-refractivity contribution in [3.8, 4) is 0 Å². The highest BCUT2D eigenvalue weighted by atomic mass is 32.1. The van der Waals surface area contributed by atoms with E-state index in [1.807, 2.05) is 24.1 Å². The summed E-state index contributed by atoms with van der Waals surface area (Å²) in [6.07, 6.45) is 2.10. The Kier molecular flexibility index (Phi) is 5.58. The van der Waals surface area contributed by atoms with E-state index >= 15 is 0 Å². The Labute approximate surface area is 106 Å². The molecule has 0 amide bonds. The number of aryl methyl sites for hydroxylation is 1. The fraction of sp³-hybridized carbons (Fsp3) is 0.667. The maximum atomic E-state index is 10.8. The molecule has 1 N–H and O–H groups in total. The van der Waals surface area contributed by atoms with E-state index in [-0.39, 0.29) is 12.6 Å². The first-order chi connectivity index (χ1) is 8.02. The van der Waals surface area contributed by atoms with Gasteiger partial charge in [0.2, 0.25) is 0 Å². The van der Waals surface area contributed by atoms with Crippen molar-refractivity contribution in [1.29, 1.82) is 0 Å². The first kappa shape index (κ1) is 14.1. The second kappa shape index (κ2) is 6.71. The minimum Gasteiger partial charge on any atom is -0.480 e. The maximum absolute atomic E-state index is 10.8. The summed E-state index contributed by atoms with van der Waals surface area (Å²) in [6, 6.07) is 0.211. The summed E-state index contributed by atoms with van der Waals surface area (Å²) >= 11 is 1.66. The molecule has 0 spiro atoms. The molecule has 0 aliphatic heterocycles. The number of hydrogen-bond donors (Lipinski definition) is 1. The van der Waals surface area contributed by atoms with Gasteiger partial charge in [-0.05, 0) is 26.7 Å². The third-order valence-electron chi connectivity index (χ3n) is 2.50. The van der Waals surface area contributed by atoms with Gasteiger partial charge in [0, 0.05) is 18.0 Å². The largest absolute Gasteiger partial charge is 0.480 e. The summed E-state index contributed by atoms with van der Waals surface area (Å²) in [5, 5.41) is 12.0. The van der Waals surface area contributed by atoms with Crippen LogP contribution in [-0.4, -0.2) is 33.5 Å². The van der Waals surface area contributed by atoms with Crippen LogP contribution in [-0.2, 0) is 17.8 Å². The van der Waals surface area contributed by atoms with Crippen LogP contribution in [0.2, 0.25) is 0 Å². The van der Waals surface area contributed by atoms with Crippen molar-refractivity contribution in [2.45, 2.75) is 46.2 Å². The highest BCUT2D eigenvalue weighted by molar-refractivity contribution is 7.09. The lowest BCUT2D eigenvalue weighted by molar-refractivity contribution is -0.138. The summed E-state index contributed by atoms with van der Waals surface area (Å²) in [5.41, 5.74) is 0.980. The number of nitrogens with zero attached hydrogens (tertiary/aromatic N) is 2. The molecule has 0 radical (unpaired) electrons. The average Bonchev–Trinajstić information content (AvgIpc) is 2.64. The zero-order chi connectivity index (χ0) is 12.8. The molecule has 5 heteroatoms. The first-order valence-corrected chi connectivity index (χ1v) is 6.80. The van der Waals surface area contributed by atoms with Crippen molar-refractivity contribution >= 4 is 17.3 Å². The Morgan fingerprint density at radius 3 is 2.82 bits per heavy atom. The van der Waals surface area contributed by atoms with Crippen LogP contribution in [0.15, 0.2) is 5.38 Å². The number of carboxylic acid groups (broad SMARTS) is 1. The fourth-order valence-corrected chi connectivity index (χ4v) is 2.44. The molecule has 1 aromatic rings. The van der Waals surface area contributed by atoms with Gasteiger partial charge in [-0.15, -0.1) is 11.3 Å². The molecule has 0 unspecified atom stereocenters. The molecule has 0 aliphatic carbocycles. The molecule has 0 aliphatic rings. The summed E-state index contributed by atoms with van der Waals surface area (Å²) in [4.78, 5) is 17.2. The van der Waals surface area contributed by atoms with Gasteiger partial charge in [0.1, 0.15) is 0 Å². The highest BCUT2D eigenvalue weighted by Gasteiger charge is 2.15. The molecule has 1 aromatic heterocycles. The Balaban J connectivity index is 2.61. The third kappa shape index (κ3) is 4.83. The predicted octanol–water partition coefficient (Wildman–Crippen LogP) is 2.39. The molecule has 0 saturated carbocycles. The smallest absolute Gasteiger partial charge is 0.317 e. The number of aliphatic carboxylic acids is 1. The second-order valence-electron chi connectivity index (χ2n) is 4.38. The summed E-state index contributed by atoms with van der Waals surface area (Å²) < 4.78 is 0. The molecule has 96 valence electrons. The summed E-state index contributed by atoms with van der Waals surface area (Å²) in [5.74, 6) is -0.789. The van der Waals surface area contributed by atoms with E-state index < -0.39 is 5.97 Å². The minimum atomic E-state index is -0.789. The number of aromatic nitrogens is 1. The van der Waals surface area contributed by atoms with E-state index in [0.29, 0.717) is 6.54 Å². The van der Waals surface area contributed by atoms with Crippen molar-refractivity contribution in [3.05, 3.63) is 16.1 Å². The Bertz CT molecular complexity index is 363. The van der Waals surface area contributed by atoms with Crippen LogP contribution in [0.5, 0.6) is 0 Å². The lowest BCUT2D eigenvalue weighted by Gasteiger charge is -2.23. The molecule has 0 bridgehead atoms. The van der Waals surface area contributed by atoms with Crippen LogP contribution in [0.3, 0.4) is 0 Å². The van der Waals surface area contributed by atoms with Crippen LogP contribution in [0.1, 0.15) is 37.9 Å². The number of rotatable bonds is 7. The van der Waals surface area contributed by atoms with Crippen molar-refractivity contribution in [3.63, 3.8) is 0 Å². The van der Waals surface area contributed by atoms with Gasteiger partial charge in [-0.25, -0.2) is 4.98 Å². The van der Waals surface area contributed by atoms with Gasteiger partial charge >= 0.3 is 5.97 Å². The molecule has 0 fully saturated rings. The van der Waals surface area contributed by atoms with E-state index in [2.05, 4.69) is 11.9 Å². The van der Waals surface area contributed by atoms with Gasteiger partial charge in [-0.3, -0.25) is 9.69 Å². The number of carboxylic acids is 1. The Morgan fingerprint density at radius 2 is 2.29 bits per heavy atom. The van der Waals surface area contributed by atoms with E-state index in [4.69, 9.17) is 5.11 Å². The molecule has 0 saturated heterocycles. The predicted molar refractivity (Wildman–Crippen MR) is 69.3 cm³/mol. The van der Waals surface area contributed by atoms with Crippen LogP contribution in [0.4, 0.5) is 0 Å². The average molecular weight is 256 g/mol. The van der Waals surface area contributed by atoms with Gasteiger partial charge in [0.05, 0.1) is 17.2 Å². The van der Waals surface area contributed by atoms with Crippen molar-refractivity contribution in [2.24, 2.45) is 0 Å². The SMILES string of the molecule is CCCc1nc(CN(CC(=O)O)C(C)C)cs1. The summed E-state index contributed by atoms with van der Waals surface area (Å²) in [6.45, 7) is 6.82. The lowest BCUT2D eigenvalue weighted by atomic mass is 10.3. The number of hydrogen-bond acceptors (Lipinski definition) is 4. The van der Waals surface area contributed by atoms with Crippen molar-refractivity contribution < 1.29 is 9.90 Å². The molecular weight excluding hydrogens is 236 g/mol. The lowest BCUT2D eigenvalue weighted by Crippen LogP contribution is -2.35. The van der Waals surface area contributed by atoms with Gasteiger partial charge in [0.15, 0.2) is 0 Å². The molecule has 0 atom stereocenters. The standard InChI is InChI=1S/C12H20N2O2S/c1-4-5-11-13-10(8-17-11)6-14(9(2)3)7-12(15)16/h8-9H,4-7H2,1-3H3,(H,15,16).